The molecular weight excluding hydrogens is 753 g/mol. The van der Waals surface area contributed by atoms with Crippen LogP contribution in [0.4, 0.5) is 4.79 Å². The summed E-state index contributed by atoms with van der Waals surface area (Å²) in [4.78, 5) is 45.8. The van der Waals surface area contributed by atoms with Crippen LogP contribution >= 0.6 is 23.2 Å². The molecule has 0 bridgehead atoms. The first-order chi connectivity index (χ1) is 26.8. The highest BCUT2D eigenvalue weighted by Gasteiger charge is 2.33. The molecule has 0 spiro atoms. The molecule has 2 N–H and O–H groups in total. The molecule has 0 radical (unpaired) electrons. The summed E-state index contributed by atoms with van der Waals surface area (Å²) in [7, 11) is 3.59. The quantitative estimate of drug-likeness (QED) is 0.164. The summed E-state index contributed by atoms with van der Waals surface area (Å²) in [6.07, 6.45) is 2.74. The number of nitrogens with one attached hydrogen (secondary N) is 2. The van der Waals surface area contributed by atoms with Crippen molar-refractivity contribution in [1.82, 2.24) is 25.4 Å². The number of carbonyl (C=O) groups is 3. The van der Waals surface area contributed by atoms with Crippen LogP contribution in [0.5, 0.6) is 11.6 Å². The Labute approximate surface area is 337 Å². The number of fused-ring (bicyclic) bond motifs is 1. The predicted molar refractivity (Wildman–Crippen MR) is 217 cm³/mol. The number of halogens is 2. The Morgan fingerprint density at radius 3 is 2.23 bits per heavy atom. The number of rotatable bonds is 10. The first kappa shape index (κ1) is 39.4. The van der Waals surface area contributed by atoms with Crippen LogP contribution < -0.4 is 20.1 Å². The van der Waals surface area contributed by atoms with E-state index in [2.05, 4.69) is 34.7 Å². The predicted octanol–water partition coefficient (Wildman–Crippen LogP) is 8.41. The Kier molecular flexibility index (Phi) is 11.5. The maximum Gasteiger partial charge on any atom is 0.410 e. The van der Waals surface area contributed by atoms with E-state index in [9.17, 15) is 14.4 Å². The van der Waals surface area contributed by atoms with Gasteiger partial charge in [0.05, 0.1) is 42.2 Å². The zero-order valence-corrected chi connectivity index (χ0v) is 33.8. The lowest BCUT2D eigenvalue weighted by Crippen LogP contribution is -2.43. The standard InChI is InChI=1S/C43H47Cl2N5O6/c1-43(2,3)56-42(53)50(24-27-14-18-37(51)46-27)23-26-13-16-33(47-41(26)54-5)31-11-7-10-30(40(31)45)29-9-6-8-28(39(29)44)25-12-15-32-34(20-21-55-35(32)22-25)49(4)36-17-19-38(52)48-36/h6-13,15-16,22,27,34,36H,14,17-21,23-24H2,1-5H3,(H,46,51)(H,48,52)/t27-,34?,36-/m0/s1. The monoisotopic (exact) mass is 799 g/mol. The number of nitrogens with zero attached hydrogens (tertiary/aromatic N) is 3. The summed E-state index contributed by atoms with van der Waals surface area (Å²) >= 11 is 14.4. The number of carbonyl (C=O) groups excluding carboxylic acids is 3. The Balaban J connectivity index is 1.15. The van der Waals surface area contributed by atoms with E-state index in [1.807, 2.05) is 75.4 Å². The van der Waals surface area contributed by atoms with Crippen LogP contribution in [0.3, 0.4) is 0 Å². The van der Waals surface area contributed by atoms with E-state index in [4.69, 9.17) is 42.4 Å². The zero-order chi connectivity index (χ0) is 39.7. The normalized spacial score (nSPS) is 19.2. The third-order valence-corrected chi connectivity index (χ3v) is 11.3. The molecule has 56 heavy (non-hydrogen) atoms. The number of pyridine rings is 1. The molecule has 3 atom stereocenters. The first-order valence-electron chi connectivity index (χ1n) is 19.0. The summed E-state index contributed by atoms with van der Waals surface area (Å²) in [5, 5.41) is 7.04. The van der Waals surface area contributed by atoms with Gasteiger partial charge in [-0.3, -0.25) is 14.5 Å². The number of hydrogen-bond acceptors (Lipinski definition) is 8. The van der Waals surface area contributed by atoms with Gasteiger partial charge < -0.3 is 29.7 Å². The second-order valence-corrected chi connectivity index (χ2v) is 16.3. The van der Waals surface area contributed by atoms with Gasteiger partial charge in [0.2, 0.25) is 17.7 Å². The molecule has 1 unspecified atom stereocenters. The van der Waals surface area contributed by atoms with Crippen LogP contribution in [-0.2, 0) is 20.9 Å². The largest absolute Gasteiger partial charge is 0.493 e. The van der Waals surface area contributed by atoms with E-state index in [-0.39, 0.29) is 43.2 Å². The highest BCUT2D eigenvalue weighted by atomic mass is 35.5. The van der Waals surface area contributed by atoms with Crippen molar-refractivity contribution < 1.29 is 28.6 Å². The number of amides is 3. The number of aromatic nitrogens is 1. The molecule has 0 aliphatic carbocycles. The van der Waals surface area contributed by atoms with Gasteiger partial charge in [0.15, 0.2) is 0 Å². The van der Waals surface area contributed by atoms with E-state index >= 15 is 0 Å². The van der Waals surface area contributed by atoms with Gasteiger partial charge in [0.1, 0.15) is 11.4 Å². The van der Waals surface area contributed by atoms with Gasteiger partial charge in [-0.25, -0.2) is 9.78 Å². The van der Waals surface area contributed by atoms with Gasteiger partial charge in [0, 0.05) is 71.3 Å². The van der Waals surface area contributed by atoms with E-state index in [0.717, 1.165) is 46.4 Å². The minimum Gasteiger partial charge on any atom is -0.493 e. The number of hydrogen-bond donors (Lipinski definition) is 2. The molecule has 4 aromatic rings. The van der Waals surface area contributed by atoms with Crippen LogP contribution in [0, 0.1) is 0 Å². The van der Waals surface area contributed by atoms with Crippen molar-refractivity contribution in [2.45, 2.75) is 83.3 Å². The fraction of sp³-hybridized carbons (Fsp3) is 0.395. The van der Waals surface area contributed by atoms with E-state index in [0.29, 0.717) is 58.6 Å². The summed E-state index contributed by atoms with van der Waals surface area (Å²) in [6.45, 7) is 6.48. The number of benzene rings is 3. The second kappa shape index (κ2) is 16.3. The van der Waals surface area contributed by atoms with Gasteiger partial charge in [-0.05, 0) is 64.4 Å². The smallest absolute Gasteiger partial charge is 0.410 e. The van der Waals surface area contributed by atoms with Gasteiger partial charge in [-0.1, -0.05) is 71.7 Å². The first-order valence-corrected chi connectivity index (χ1v) is 19.7. The topological polar surface area (TPSA) is 122 Å². The van der Waals surface area contributed by atoms with Gasteiger partial charge in [-0.2, -0.15) is 0 Å². The van der Waals surface area contributed by atoms with Crippen LogP contribution in [0.1, 0.15) is 70.0 Å². The van der Waals surface area contributed by atoms with Crippen molar-refractivity contribution in [3.8, 4) is 45.1 Å². The van der Waals surface area contributed by atoms with E-state index in [1.54, 1.807) is 4.90 Å². The van der Waals surface area contributed by atoms with Crippen molar-refractivity contribution in [2.24, 2.45) is 0 Å². The molecule has 13 heteroatoms. The van der Waals surface area contributed by atoms with Crippen LogP contribution in [0.25, 0.3) is 33.5 Å². The molecule has 3 aliphatic heterocycles. The molecule has 0 saturated carbocycles. The molecule has 2 saturated heterocycles. The average molecular weight is 801 g/mol. The summed E-state index contributed by atoms with van der Waals surface area (Å²) in [6, 6.07) is 21.5. The zero-order valence-electron chi connectivity index (χ0n) is 32.3. The Morgan fingerprint density at radius 2 is 1.57 bits per heavy atom. The highest BCUT2D eigenvalue weighted by Crippen LogP contribution is 2.45. The van der Waals surface area contributed by atoms with Crippen molar-refractivity contribution in [2.75, 3.05) is 27.3 Å². The minimum absolute atomic E-state index is 0.00609. The molecule has 2 fully saturated rings. The Bertz CT molecular complexity index is 2160. The van der Waals surface area contributed by atoms with Gasteiger partial charge in [-0.15, -0.1) is 0 Å². The van der Waals surface area contributed by atoms with Crippen LogP contribution in [-0.4, -0.2) is 77.8 Å². The summed E-state index contributed by atoms with van der Waals surface area (Å²) in [5.41, 5.74) is 5.59. The third kappa shape index (κ3) is 8.45. The van der Waals surface area contributed by atoms with Crippen molar-refractivity contribution in [1.29, 1.82) is 0 Å². The molecule has 3 amide bonds. The lowest BCUT2D eigenvalue weighted by atomic mass is 9.93. The summed E-state index contributed by atoms with van der Waals surface area (Å²) < 4.78 is 17.6. The third-order valence-electron chi connectivity index (χ3n) is 10.5. The Morgan fingerprint density at radius 1 is 0.893 bits per heavy atom. The van der Waals surface area contributed by atoms with Crippen molar-refractivity contribution in [3.63, 3.8) is 0 Å². The van der Waals surface area contributed by atoms with Crippen molar-refractivity contribution >= 4 is 41.1 Å². The molecule has 294 valence electrons. The molecule has 3 aliphatic rings. The van der Waals surface area contributed by atoms with Gasteiger partial charge >= 0.3 is 6.09 Å². The molecule has 3 aromatic carbocycles. The SMILES string of the molecule is COc1nc(-c2cccc(-c3cccc(-c4ccc5c(c4)OCCC5N(C)[C@H]4CCC(=O)N4)c3Cl)c2Cl)ccc1CN(C[C@@H]1CCC(=O)N1)C(=O)OC(C)(C)C. The van der Waals surface area contributed by atoms with Crippen LogP contribution in [0.15, 0.2) is 66.7 Å². The molecule has 7 rings (SSSR count). The lowest BCUT2D eigenvalue weighted by molar-refractivity contribution is -0.120. The van der Waals surface area contributed by atoms with Crippen LogP contribution in [0.2, 0.25) is 10.0 Å². The van der Waals surface area contributed by atoms with E-state index in [1.165, 1.54) is 7.11 Å². The number of ether oxygens (including phenoxy) is 3. The maximum atomic E-state index is 13.3. The average Bonchev–Trinajstić information content (AvgIpc) is 3.80. The maximum absolute atomic E-state index is 13.3. The molecule has 11 nitrogen and oxygen atoms in total. The highest BCUT2D eigenvalue weighted by molar-refractivity contribution is 6.39. The van der Waals surface area contributed by atoms with Gasteiger partial charge in [0.25, 0.3) is 0 Å². The second-order valence-electron chi connectivity index (χ2n) is 15.6. The fourth-order valence-corrected chi connectivity index (χ4v) is 8.38. The minimum atomic E-state index is -0.697. The molecular formula is C43H47Cl2N5O6. The van der Waals surface area contributed by atoms with E-state index < -0.39 is 11.7 Å². The molecule has 1 aromatic heterocycles. The number of methoxy groups -OCH3 is 1. The molecule has 4 heterocycles. The fourth-order valence-electron chi connectivity index (χ4n) is 7.72. The summed E-state index contributed by atoms with van der Waals surface area (Å²) in [5.74, 6) is 1.20. The Hall–Kier alpha value is -4.84. The van der Waals surface area contributed by atoms with Crippen molar-refractivity contribution in [3.05, 3.63) is 87.9 Å². The lowest BCUT2D eigenvalue weighted by Gasteiger charge is -2.36.